The molecule has 66 heavy (non-hydrogen) atoms. The Hall–Kier alpha value is -5.10. The molecule has 0 radical (unpaired) electrons. The number of thiol groups is 1. The van der Waals surface area contributed by atoms with Gasteiger partial charge in [0, 0.05) is 48.7 Å². The van der Waals surface area contributed by atoms with E-state index in [0.717, 1.165) is 36.4 Å². The second kappa shape index (κ2) is 16.3. The fourth-order valence-electron chi connectivity index (χ4n) is 11.3. The molecule has 2 nitrogen and oxygen atoms in total. The van der Waals surface area contributed by atoms with E-state index < -0.39 is 0 Å². The van der Waals surface area contributed by atoms with Crippen LogP contribution in [0.1, 0.15) is 120 Å². The van der Waals surface area contributed by atoms with Crippen molar-refractivity contribution in [3.05, 3.63) is 166 Å². The second-order valence-corrected chi connectivity index (χ2v) is 24.0. The summed E-state index contributed by atoms with van der Waals surface area (Å²) in [6, 6.07) is 48.7. The number of aryl methyl sites for hydroxylation is 3. The molecule has 3 aliphatic rings. The largest absolute Gasteiger partial charge is 0.355 e. The summed E-state index contributed by atoms with van der Waals surface area (Å²) in [4.78, 5) is 6.17. The summed E-state index contributed by atoms with van der Waals surface area (Å²) in [6.45, 7) is 26.4. The highest BCUT2D eigenvalue weighted by Gasteiger charge is 2.41. The fraction of sp³-hybridized carbons (Fsp3) is 0.311. The first-order chi connectivity index (χ1) is 31.3. The molecule has 10 rings (SSSR count). The summed E-state index contributed by atoms with van der Waals surface area (Å²) >= 11 is 6.54. The van der Waals surface area contributed by atoms with Gasteiger partial charge in [0.05, 0.1) is 0 Å². The first-order valence-electron chi connectivity index (χ1n) is 24.1. The molecule has 0 aromatic heterocycles. The number of hydrogen-bond acceptors (Lipinski definition) is 4. The van der Waals surface area contributed by atoms with E-state index in [-0.39, 0.29) is 21.7 Å². The molecule has 0 saturated carbocycles. The summed E-state index contributed by atoms with van der Waals surface area (Å²) in [5, 5.41) is 4.00. The Bertz CT molecular complexity index is 3060. The monoisotopic (exact) mass is 900 g/mol. The van der Waals surface area contributed by atoms with Crippen molar-refractivity contribution in [2.45, 2.75) is 138 Å². The van der Waals surface area contributed by atoms with Crippen LogP contribution in [0, 0.1) is 20.8 Å². The van der Waals surface area contributed by atoms with Crippen LogP contribution in [-0.2, 0) is 21.7 Å². The average molecular weight is 901 g/mol. The fourth-order valence-corrected chi connectivity index (χ4v) is 12.4. The molecule has 1 N–H and O–H groups in total. The molecule has 0 spiro atoms. The SMILES string of the molecule is Cc1ccccc1Sc1ccc2c(c1)Bc1c(-c3cc4c(cc3Nc3ccc(S)cc3)C(C)(C)CCC4(C)C)cc(-c3ccccc3C)cc1N2c1cc2c(cc1C)C(C)(C)CCC2(C)C. The second-order valence-electron chi connectivity index (χ2n) is 22.3. The molecule has 1 heterocycles. The molecule has 5 heteroatoms. The third kappa shape index (κ3) is 7.92. The molecule has 0 unspecified atom stereocenters. The summed E-state index contributed by atoms with van der Waals surface area (Å²) < 4.78 is 0. The summed E-state index contributed by atoms with van der Waals surface area (Å²) in [7, 11) is 0.814. The number of anilines is 5. The van der Waals surface area contributed by atoms with Crippen LogP contribution in [0.25, 0.3) is 22.3 Å². The molecule has 2 aliphatic carbocycles. The Labute approximate surface area is 405 Å². The van der Waals surface area contributed by atoms with Crippen LogP contribution in [0.4, 0.5) is 28.4 Å². The van der Waals surface area contributed by atoms with Crippen molar-refractivity contribution < 1.29 is 0 Å². The van der Waals surface area contributed by atoms with Crippen molar-refractivity contribution >= 4 is 71.0 Å². The third-order valence-corrected chi connectivity index (χ3v) is 17.2. The van der Waals surface area contributed by atoms with Crippen LogP contribution in [0.15, 0.2) is 142 Å². The van der Waals surface area contributed by atoms with E-state index >= 15 is 0 Å². The molecule has 7 aromatic carbocycles. The van der Waals surface area contributed by atoms with Gasteiger partial charge in [-0.15, -0.1) is 12.6 Å². The lowest BCUT2D eigenvalue weighted by atomic mass is 9.57. The van der Waals surface area contributed by atoms with Gasteiger partial charge in [0.1, 0.15) is 0 Å². The van der Waals surface area contributed by atoms with Crippen LogP contribution in [0.2, 0.25) is 0 Å². The Morgan fingerprint density at radius 2 is 1.11 bits per heavy atom. The van der Waals surface area contributed by atoms with Crippen molar-refractivity contribution in [3.63, 3.8) is 0 Å². The predicted octanol–water partition coefficient (Wildman–Crippen LogP) is 16.0. The molecule has 0 amide bonds. The van der Waals surface area contributed by atoms with Gasteiger partial charge in [0.25, 0.3) is 0 Å². The summed E-state index contributed by atoms with van der Waals surface area (Å²) in [5.41, 5.74) is 23.8. The average Bonchev–Trinajstić information content (AvgIpc) is 3.27. The molecule has 0 bridgehead atoms. The van der Waals surface area contributed by atoms with Crippen LogP contribution in [0.3, 0.4) is 0 Å². The first-order valence-corrected chi connectivity index (χ1v) is 25.4. The van der Waals surface area contributed by atoms with Gasteiger partial charge in [-0.1, -0.05) is 127 Å². The minimum atomic E-state index is 0.0284. The Balaban J connectivity index is 1.29. The zero-order chi connectivity index (χ0) is 46.5. The maximum atomic E-state index is 4.67. The van der Waals surface area contributed by atoms with Crippen molar-refractivity contribution in [3.8, 4) is 22.3 Å². The normalized spacial score (nSPS) is 17.2. The van der Waals surface area contributed by atoms with E-state index in [1.165, 1.54) is 112 Å². The Morgan fingerprint density at radius 3 is 1.76 bits per heavy atom. The predicted molar refractivity (Wildman–Crippen MR) is 291 cm³/mol. The zero-order valence-electron chi connectivity index (χ0n) is 41.0. The number of benzene rings is 7. The maximum absolute atomic E-state index is 4.67. The van der Waals surface area contributed by atoms with Crippen molar-refractivity contribution in [1.82, 2.24) is 0 Å². The van der Waals surface area contributed by atoms with Gasteiger partial charge in [-0.25, -0.2) is 0 Å². The summed E-state index contributed by atoms with van der Waals surface area (Å²) in [5.74, 6) is 0. The maximum Gasteiger partial charge on any atom is 0.198 e. The number of hydrogen-bond donors (Lipinski definition) is 2. The number of rotatable bonds is 7. The van der Waals surface area contributed by atoms with Gasteiger partial charge < -0.3 is 10.2 Å². The van der Waals surface area contributed by atoms with E-state index in [2.05, 4.69) is 226 Å². The third-order valence-electron chi connectivity index (χ3n) is 15.7. The molecule has 0 saturated heterocycles. The number of nitrogens with zero attached hydrogens (tertiary/aromatic N) is 1. The lowest BCUT2D eigenvalue weighted by Gasteiger charge is -2.44. The molecule has 0 fully saturated rings. The number of fused-ring (bicyclic) bond motifs is 4. The van der Waals surface area contributed by atoms with Crippen molar-refractivity contribution in [1.29, 1.82) is 0 Å². The van der Waals surface area contributed by atoms with E-state index in [0.29, 0.717) is 0 Å². The number of nitrogens with one attached hydrogen (secondary N) is 1. The smallest absolute Gasteiger partial charge is 0.198 e. The quantitative estimate of drug-likeness (QED) is 0.122. The van der Waals surface area contributed by atoms with Gasteiger partial charge in [-0.3, -0.25) is 0 Å². The first kappa shape index (κ1) is 44.7. The van der Waals surface area contributed by atoms with Gasteiger partial charge in [-0.05, 0) is 202 Å². The summed E-state index contributed by atoms with van der Waals surface area (Å²) in [6.07, 6.45) is 4.66. The van der Waals surface area contributed by atoms with E-state index in [1.807, 2.05) is 11.8 Å². The minimum absolute atomic E-state index is 0.0284. The molecule has 1 aliphatic heterocycles. The zero-order valence-corrected chi connectivity index (χ0v) is 42.7. The molecular formula is C61H65BN2S2. The Kier molecular flexibility index (Phi) is 11.0. The minimum Gasteiger partial charge on any atom is -0.355 e. The highest BCUT2D eigenvalue weighted by atomic mass is 32.2. The highest BCUT2D eigenvalue weighted by Crippen LogP contribution is 2.52. The molecule has 7 aromatic rings. The van der Waals surface area contributed by atoms with Crippen LogP contribution >= 0.6 is 24.4 Å². The Morgan fingerprint density at radius 1 is 0.515 bits per heavy atom. The van der Waals surface area contributed by atoms with Gasteiger partial charge >= 0.3 is 0 Å². The van der Waals surface area contributed by atoms with Crippen LogP contribution < -0.4 is 21.1 Å². The molecule has 0 atom stereocenters. The van der Waals surface area contributed by atoms with Gasteiger partial charge in [-0.2, -0.15) is 0 Å². The van der Waals surface area contributed by atoms with Gasteiger partial charge in [0.2, 0.25) is 0 Å². The standard InChI is InChI=1S/C61H65BN2S2/c1-37-16-12-14-18-44(37)40-31-46(45-34-48-49(60(8,9)28-27-59(48,6)7)35-52(45)63-41-20-22-42(65)23-21-41)57-55(32-40)64(54-36-50-47(30-39(54)3)58(4,5)26-29-61(50,10)11)53-25-24-43(33-51(53)62-57)66-56-19-15-13-17-38(56)2/h12-25,30-36,62-63,65H,26-29H2,1-11H3. The van der Waals surface area contributed by atoms with Crippen molar-refractivity contribution in [2.24, 2.45) is 0 Å². The molecular weight excluding hydrogens is 836 g/mol. The lowest BCUT2D eigenvalue weighted by molar-refractivity contribution is 0.332. The van der Waals surface area contributed by atoms with Crippen molar-refractivity contribution in [2.75, 3.05) is 10.2 Å². The van der Waals surface area contributed by atoms with Crippen LogP contribution in [-0.4, -0.2) is 7.28 Å². The van der Waals surface area contributed by atoms with E-state index in [1.54, 1.807) is 0 Å². The lowest BCUT2D eigenvalue weighted by Crippen LogP contribution is -2.42. The van der Waals surface area contributed by atoms with Crippen LogP contribution in [0.5, 0.6) is 0 Å². The van der Waals surface area contributed by atoms with E-state index in [9.17, 15) is 0 Å². The molecule has 334 valence electrons. The van der Waals surface area contributed by atoms with Gasteiger partial charge in [0.15, 0.2) is 7.28 Å². The highest BCUT2D eigenvalue weighted by molar-refractivity contribution is 7.99. The van der Waals surface area contributed by atoms with E-state index in [4.69, 9.17) is 0 Å². The topological polar surface area (TPSA) is 15.3 Å².